The maximum Gasteiger partial charge on any atom is 0.142 e. The van der Waals surface area contributed by atoms with Gasteiger partial charge in [0.15, 0.2) is 0 Å². The number of nitrogens with one attached hydrogen (secondary N) is 2. The van der Waals surface area contributed by atoms with Gasteiger partial charge in [0, 0.05) is 41.7 Å². The standard InChI is InChI=1S/C19H17N5O/c1-24-10-15-16-14(9-21-23-19(16)24)13-3-2-8-20-18(13)22-17(15)11-4-6-12(25)7-5-11/h2-10,17,19,23,25H,1H3,(H,20,22). The van der Waals surface area contributed by atoms with Crippen LogP contribution in [0.15, 0.2) is 65.0 Å². The maximum absolute atomic E-state index is 9.64. The number of hydrogen-bond acceptors (Lipinski definition) is 6. The third kappa shape index (κ3) is 2.04. The largest absolute Gasteiger partial charge is 0.508 e. The molecule has 6 nitrogen and oxygen atoms in total. The van der Waals surface area contributed by atoms with Crippen molar-refractivity contribution in [2.75, 3.05) is 12.4 Å². The van der Waals surface area contributed by atoms with Gasteiger partial charge in [-0.1, -0.05) is 12.1 Å². The third-order valence-corrected chi connectivity index (χ3v) is 4.93. The summed E-state index contributed by atoms with van der Waals surface area (Å²) in [6.45, 7) is 0. The minimum Gasteiger partial charge on any atom is -0.508 e. The highest BCUT2D eigenvalue weighted by atomic mass is 16.3. The molecule has 2 unspecified atom stereocenters. The number of aromatic hydroxyl groups is 1. The van der Waals surface area contributed by atoms with Crippen LogP contribution in [0.1, 0.15) is 17.2 Å². The molecule has 0 fully saturated rings. The van der Waals surface area contributed by atoms with Crippen molar-refractivity contribution in [2.24, 2.45) is 5.10 Å². The van der Waals surface area contributed by atoms with E-state index >= 15 is 0 Å². The molecule has 0 aliphatic carbocycles. The predicted octanol–water partition coefficient (Wildman–Crippen LogP) is 2.45. The van der Waals surface area contributed by atoms with E-state index in [2.05, 4.69) is 38.0 Å². The Kier molecular flexibility index (Phi) is 2.88. The van der Waals surface area contributed by atoms with Crippen LogP contribution in [0.2, 0.25) is 0 Å². The van der Waals surface area contributed by atoms with Crippen molar-refractivity contribution in [1.82, 2.24) is 15.3 Å². The first-order valence-electron chi connectivity index (χ1n) is 8.20. The number of likely N-dealkylation sites (N-methyl/N-ethyl adjacent to an activating group) is 1. The maximum atomic E-state index is 9.64. The number of anilines is 1. The van der Waals surface area contributed by atoms with E-state index in [0.29, 0.717) is 0 Å². The van der Waals surface area contributed by atoms with E-state index in [0.717, 1.165) is 22.5 Å². The molecule has 3 aliphatic heterocycles. The summed E-state index contributed by atoms with van der Waals surface area (Å²) in [5.74, 6) is 1.10. The van der Waals surface area contributed by atoms with Crippen molar-refractivity contribution in [3.63, 3.8) is 0 Å². The summed E-state index contributed by atoms with van der Waals surface area (Å²) >= 11 is 0. The van der Waals surface area contributed by atoms with Gasteiger partial charge in [-0.3, -0.25) is 5.43 Å². The molecule has 2 aromatic rings. The van der Waals surface area contributed by atoms with Gasteiger partial charge in [-0.2, -0.15) is 5.10 Å². The van der Waals surface area contributed by atoms with Crippen molar-refractivity contribution >= 4 is 17.6 Å². The number of pyridine rings is 1. The molecule has 25 heavy (non-hydrogen) atoms. The van der Waals surface area contributed by atoms with E-state index in [9.17, 15) is 5.11 Å². The molecule has 3 N–H and O–H groups in total. The smallest absolute Gasteiger partial charge is 0.142 e. The Hall–Kier alpha value is -3.28. The van der Waals surface area contributed by atoms with Gasteiger partial charge in [0.05, 0.1) is 12.3 Å². The van der Waals surface area contributed by atoms with Crippen molar-refractivity contribution in [3.05, 3.63) is 71.1 Å². The number of fused-ring (bicyclic) bond motifs is 2. The number of hydrogen-bond donors (Lipinski definition) is 3. The molecular weight excluding hydrogens is 314 g/mol. The summed E-state index contributed by atoms with van der Waals surface area (Å²) in [5.41, 5.74) is 8.82. The average Bonchev–Trinajstić information content (AvgIpc) is 2.90. The van der Waals surface area contributed by atoms with Crippen LogP contribution in [0.5, 0.6) is 5.75 Å². The molecule has 1 aromatic heterocycles. The van der Waals surface area contributed by atoms with E-state index in [4.69, 9.17) is 0 Å². The van der Waals surface area contributed by atoms with Crippen LogP contribution < -0.4 is 10.7 Å². The van der Waals surface area contributed by atoms with Crippen molar-refractivity contribution in [1.29, 1.82) is 0 Å². The summed E-state index contributed by atoms with van der Waals surface area (Å²) in [6.07, 6.45) is 5.84. The van der Waals surface area contributed by atoms with E-state index in [1.54, 1.807) is 18.3 Å². The van der Waals surface area contributed by atoms with Crippen LogP contribution in [-0.2, 0) is 0 Å². The predicted molar refractivity (Wildman–Crippen MR) is 96.9 cm³/mol. The number of benzene rings is 1. The van der Waals surface area contributed by atoms with Gasteiger partial charge in [0.2, 0.25) is 0 Å². The molecule has 0 radical (unpaired) electrons. The molecule has 4 heterocycles. The second-order valence-electron chi connectivity index (χ2n) is 6.44. The first-order valence-corrected chi connectivity index (χ1v) is 8.20. The number of allylic oxidation sites excluding steroid dienone is 1. The molecule has 0 saturated carbocycles. The van der Waals surface area contributed by atoms with E-state index < -0.39 is 0 Å². The lowest BCUT2D eigenvalue weighted by atomic mass is 9.90. The second kappa shape index (κ2) is 5.11. The SMILES string of the molecule is CN1C=C2C3=C(C=NNC31)c1cccnc1NC2c1ccc(O)cc1. The molecule has 124 valence electrons. The first-order chi connectivity index (χ1) is 12.2. The topological polar surface area (TPSA) is 72.8 Å². The number of hydrazone groups is 1. The van der Waals surface area contributed by atoms with Crippen LogP contribution in [0, 0.1) is 0 Å². The van der Waals surface area contributed by atoms with Crippen LogP contribution in [0.4, 0.5) is 5.82 Å². The van der Waals surface area contributed by atoms with Gasteiger partial charge in [0.1, 0.15) is 17.7 Å². The highest BCUT2D eigenvalue weighted by Crippen LogP contribution is 2.45. The summed E-state index contributed by atoms with van der Waals surface area (Å²) in [6, 6.07) is 11.3. The zero-order valence-corrected chi connectivity index (χ0v) is 13.6. The van der Waals surface area contributed by atoms with E-state index in [1.807, 2.05) is 31.5 Å². The molecule has 0 bridgehead atoms. The van der Waals surface area contributed by atoms with Gasteiger partial charge in [-0.25, -0.2) is 4.98 Å². The Bertz CT molecular complexity index is 945. The van der Waals surface area contributed by atoms with Crippen LogP contribution in [0.25, 0.3) is 5.57 Å². The highest BCUT2D eigenvalue weighted by molar-refractivity contribution is 6.15. The molecule has 5 rings (SSSR count). The van der Waals surface area contributed by atoms with Gasteiger partial charge >= 0.3 is 0 Å². The molecule has 1 aromatic carbocycles. The lowest BCUT2D eigenvalue weighted by Crippen LogP contribution is -2.38. The monoisotopic (exact) mass is 331 g/mol. The number of nitrogens with zero attached hydrogens (tertiary/aromatic N) is 3. The Morgan fingerprint density at radius 3 is 2.84 bits per heavy atom. The Morgan fingerprint density at radius 2 is 2.00 bits per heavy atom. The lowest BCUT2D eigenvalue weighted by molar-refractivity contribution is 0.340. The van der Waals surface area contributed by atoms with Crippen molar-refractivity contribution in [3.8, 4) is 5.75 Å². The molecule has 3 aliphatic rings. The quantitative estimate of drug-likeness (QED) is 0.749. The average molecular weight is 331 g/mol. The summed E-state index contributed by atoms with van der Waals surface area (Å²) < 4.78 is 0. The van der Waals surface area contributed by atoms with Gasteiger partial charge in [-0.05, 0) is 29.8 Å². The molecule has 0 spiro atoms. The summed E-state index contributed by atoms with van der Waals surface area (Å²) in [4.78, 5) is 6.69. The fourth-order valence-electron chi connectivity index (χ4n) is 3.75. The van der Waals surface area contributed by atoms with Gasteiger partial charge in [-0.15, -0.1) is 0 Å². The van der Waals surface area contributed by atoms with E-state index in [-0.39, 0.29) is 18.0 Å². The molecule has 0 saturated heterocycles. The van der Waals surface area contributed by atoms with Crippen molar-refractivity contribution in [2.45, 2.75) is 12.2 Å². The zero-order chi connectivity index (χ0) is 17.0. The van der Waals surface area contributed by atoms with Crippen LogP contribution in [-0.4, -0.2) is 34.4 Å². The minimum absolute atomic E-state index is 0.0163. The number of phenols is 1. The summed E-state index contributed by atoms with van der Waals surface area (Å²) in [5, 5.41) is 17.6. The zero-order valence-electron chi connectivity index (χ0n) is 13.6. The van der Waals surface area contributed by atoms with Crippen LogP contribution in [0.3, 0.4) is 0 Å². The number of rotatable bonds is 1. The van der Waals surface area contributed by atoms with Crippen molar-refractivity contribution < 1.29 is 5.11 Å². The van der Waals surface area contributed by atoms with E-state index in [1.165, 1.54) is 11.1 Å². The van der Waals surface area contributed by atoms with Gasteiger partial charge in [0.25, 0.3) is 0 Å². The molecular formula is C19H17N5O. The Morgan fingerprint density at radius 1 is 1.16 bits per heavy atom. The number of phenolic OH excluding ortho intramolecular Hbond substituents is 1. The first kappa shape index (κ1) is 14.1. The molecule has 2 atom stereocenters. The summed E-state index contributed by atoms with van der Waals surface area (Å²) in [7, 11) is 2.04. The Balaban J connectivity index is 1.75. The third-order valence-electron chi connectivity index (χ3n) is 4.93. The van der Waals surface area contributed by atoms with Gasteiger partial charge < -0.3 is 15.3 Å². The van der Waals surface area contributed by atoms with Crippen LogP contribution >= 0.6 is 0 Å². The Labute approximate surface area is 145 Å². The highest BCUT2D eigenvalue weighted by Gasteiger charge is 2.39. The second-order valence-corrected chi connectivity index (χ2v) is 6.44. The number of aromatic nitrogens is 1. The molecule has 6 heteroatoms. The molecule has 0 amide bonds. The fraction of sp³-hybridized carbons (Fsp3) is 0.158. The lowest BCUT2D eigenvalue weighted by Gasteiger charge is -2.26. The minimum atomic E-state index is -0.0532. The normalized spacial score (nSPS) is 23.2. The fourth-order valence-corrected chi connectivity index (χ4v) is 3.75.